The van der Waals surface area contributed by atoms with Crippen LogP contribution in [0.25, 0.3) is 11.4 Å². The minimum absolute atomic E-state index is 0.590. The summed E-state index contributed by atoms with van der Waals surface area (Å²) >= 11 is 0. The lowest BCUT2D eigenvalue weighted by molar-refractivity contribution is -0.0724. The molecule has 0 spiro atoms. The second-order valence-corrected chi connectivity index (χ2v) is 7.42. The van der Waals surface area contributed by atoms with Gasteiger partial charge in [0.1, 0.15) is 0 Å². The molecule has 2 fully saturated rings. The molecule has 0 saturated carbocycles. The Morgan fingerprint density at radius 3 is 2.67 bits per heavy atom. The molecule has 2 aliphatic heterocycles. The molecule has 2 aromatic rings. The number of likely N-dealkylation sites (N-methyl/N-ethyl adjacent to an activating group) is 1. The molecule has 0 bridgehead atoms. The number of pyridine rings is 1. The Bertz CT molecular complexity index is 844. The highest BCUT2D eigenvalue weighted by atomic mass is 16.5. The first kappa shape index (κ1) is 17.9. The predicted octanol–water partition coefficient (Wildman–Crippen LogP) is 2.68. The topological polar surface area (TPSA) is 46.4 Å². The lowest BCUT2D eigenvalue weighted by atomic mass is 10.0. The maximum atomic E-state index is 5.30. The molecular formula is C21H27N5O. The summed E-state index contributed by atoms with van der Waals surface area (Å²) < 4.78 is 7.12. The molecule has 2 aliphatic rings. The SMILES string of the molecule is C=C(/C=C\C)c1nn(-c2ccc(N3CC(N(C)C4COC4)C3)cn2)cc1C. The average Bonchev–Trinajstić information content (AvgIpc) is 2.95. The van der Waals surface area contributed by atoms with Crippen LogP contribution in [0.2, 0.25) is 0 Å². The van der Waals surface area contributed by atoms with Crippen molar-refractivity contribution in [1.82, 2.24) is 19.7 Å². The molecule has 0 unspecified atom stereocenters. The fourth-order valence-electron chi connectivity index (χ4n) is 3.56. The number of nitrogens with zero attached hydrogens (tertiary/aromatic N) is 5. The molecule has 0 amide bonds. The Kier molecular flexibility index (Phi) is 4.85. The second kappa shape index (κ2) is 7.29. The normalized spacial score (nSPS) is 18.1. The summed E-state index contributed by atoms with van der Waals surface area (Å²) in [4.78, 5) is 9.44. The van der Waals surface area contributed by atoms with Crippen LogP contribution in [-0.4, -0.2) is 65.1 Å². The molecule has 142 valence electrons. The highest BCUT2D eigenvalue weighted by molar-refractivity contribution is 5.71. The van der Waals surface area contributed by atoms with E-state index in [0.29, 0.717) is 12.1 Å². The minimum atomic E-state index is 0.590. The van der Waals surface area contributed by atoms with Crippen molar-refractivity contribution in [2.24, 2.45) is 0 Å². The zero-order chi connectivity index (χ0) is 19.0. The Morgan fingerprint density at radius 1 is 1.30 bits per heavy atom. The van der Waals surface area contributed by atoms with Crippen molar-refractivity contribution >= 4 is 11.3 Å². The fraction of sp³-hybridized carbons (Fsp3) is 0.429. The van der Waals surface area contributed by atoms with Gasteiger partial charge in [-0.15, -0.1) is 0 Å². The zero-order valence-electron chi connectivity index (χ0n) is 16.3. The maximum Gasteiger partial charge on any atom is 0.153 e. The van der Waals surface area contributed by atoms with Crippen molar-refractivity contribution in [3.8, 4) is 5.82 Å². The summed E-state index contributed by atoms with van der Waals surface area (Å²) in [5.74, 6) is 0.821. The van der Waals surface area contributed by atoms with E-state index >= 15 is 0 Å². The van der Waals surface area contributed by atoms with Crippen LogP contribution < -0.4 is 4.90 Å². The van der Waals surface area contributed by atoms with Crippen LogP contribution in [0, 0.1) is 6.92 Å². The van der Waals surface area contributed by atoms with Crippen LogP contribution in [0.4, 0.5) is 5.69 Å². The van der Waals surface area contributed by atoms with Crippen molar-refractivity contribution in [1.29, 1.82) is 0 Å². The number of rotatable bonds is 6. The summed E-state index contributed by atoms with van der Waals surface area (Å²) in [6.45, 7) is 11.9. The molecule has 2 saturated heterocycles. The number of allylic oxidation sites excluding steroid dienone is 3. The van der Waals surface area contributed by atoms with Gasteiger partial charge in [-0.05, 0) is 44.2 Å². The van der Waals surface area contributed by atoms with E-state index in [0.717, 1.165) is 54.6 Å². The van der Waals surface area contributed by atoms with Gasteiger partial charge in [-0.25, -0.2) is 9.67 Å². The minimum Gasteiger partial charge on any atom is -0.378 e. The van der Waals surface area contributed by atoms with Gasteiger partial charge >= 0.3 is 0 Å². The molecule has 6 nitrogen and oxygen atoms in total. The summed E-state index contributed by atoms with van der Waals surface area (Å²) in [6, 6.07) is 5.35. The van der Waals surface area contributed by atoms with Crippen LogP contribution in [-0.2, 0) is 4.74 Å². The van der Waals surface area contributed by atoms with E-state index in [-0.39, 0.29) is 0 Å². The van der Waals surface area contributed by atoms with Crippen LogP contribution in [0.3, 0.4) is 0 Å². The summed E-state index contributed by atoms with van der Waals surface area (Å²) in [5.41, 5.74) is 4.08. The van der Waals surface area contributed by atoms with Gasteiger partial charge in [0, 0.05) is 25.3 Å². The van der Waals surface area contributed by atoms with Crippen LogP contribution in [0.1, 0.15) is 18.2 Å². The third-order valence-electron chi connectivity index (χ3n) is 5.54. The summed E-state index contributed by atoms with van der Waals surface area (Å²) in [7, 11) is 2.20. The van der Waals surface area contributed by atoms with E-state index < -0.39 is 0 Å². The second-order valence-electron chi connectivity index (χ2n) is 7.42. The zero-order valence-corrected chi connectivity index (χ0v) is 16.3. The van der Waals surface area contributed by atoms with Crippen LogP contribution in [0.15, 0.2) is 43.3 Å². The van der Waals surface area contributed by atoms with E-state index in [1.54, 1.807) is 0 Å². The van der Waals surface area contributed by atoms with Gasteiger partial charge in [-0.1, -0.05) is 18.7 Å². The van der Waals surface area contributed by atoms with Crippen molar-refractivity contribution in [2.75, 3.05) is 38.3 Å². The molecule has 4 rings (SSSR count). The van der Waals surface area contributed by atoms with Gasteiger partial charge in [-0.3, -0.25) is 4.90 Å². The Balaban J connectivity index is 1.41. The first-order chi connectivity index (χ1) is 13.1. The predicted molar refractivity (Wildman–Crippen MR) is 108 cm³/mol. The van der Waals surface area contributed by atoms with Gasteiger partial charge in [0.15, 0.2) is 5.82 Å². The quantitative estimate of drug-likeness (QED) is 0.737. The number of anilines is 1. The van der Waals surface area contributed by atoms with E-state index in [9.17, 15) is 0 Å². The molecule has 6 heteroatoms. The first-order valence-electron chi connectivity index (χ1n) is 9.46. The van der Waals surface area contributed by atoms with E-state index in [2.05, 4.69) is 39.6 Å². The third-order valence-corrected chi connectivity index (χ3v) is 5.54. The monoisotopic (exact) mass is 365 g/mol. The molecule has 4 heterocycles. The number of aromatic nitrogens is 3. The van der Waals surface area contributed by atoms with Gasteiger partial charge in [0.2, 0.25) is 0 Å². The molecule has 0 atom stereocenters. The Labute approximate surface area is 160 Å². The van der Waals surface area contributed by atoms with Crippen LogP contribution in [0.5, 0.6) is 0 Å². The molecule has 2 aromatic heterocycles. The molecule has 0 aliphatic carbocycles. The van der Waals surface area contributed by atoms with E-state index in [1.165, 1.54) is 0 Å². The van der Waals surface area contributed by atoms with Crippen molar-refractivity contribution in [2.45, 2.75) is 25.9 Å². The number of aryl methyl sites for hydroxylation is 1. The Hall–Kier alpha value is -2.44. The molecule has 0 N–H and O–H groups in total. The van der Waals surface area contributed by atoms with Crippen molar-refractivity contribution in [3.63, 3.8) is 0 Å². The van der Waals surface area contributed by atoms with Gasteiger partial charge in [0.05, 0.1) is 36.8 Å². The smallest absolute Gasteiger partial charge is 0.153 e. The average molecular weight is 365 g/mol. The van der Waals surface area contributed by atoms with Gasteiger partial charge in [0.25, 0.3) is 0 Å². The third kappa shape index (κ3) is 3.42. The van der Waals surface area contributed by atoms with Crippen molar-refractivity contribution in [3.05, 3.63) is 54.5 Å². The first-order valence-corrected chi connectivity index (χ1v) is 9.46. The largest absolute Gasteiger partial charge is 0.378 e. The number of hydrogen-bond donors (Lipinski definition) is 0. The highest BCUT2D eigenvalue weighted by Gasteiger charge is 2.36. The summed E-state index contributed by atoms with van der Waals surface area (Å²) in [5, 5.41) is 4.65. The standard InChI is InChI=1S/C21H27N5O/c1-5-6-15(2)21-16(3)10-26(23-21)20-8-7-17(9-22-20)25-11-18(12-25)24(4)19-13-27-14-19/h5-10,18-19H,2,11-14H2,1,3-4H3/b6-5-. The number of hydrogen-bond acceptors (Lipinski definition) is 5. The van der Waals surface area contributed by atoms with Crippen LogP contribution >= 0.6 is 0 Å². The van der Waals surface area contributed by atoms with Gasteiger partial charge in [-0.2, -0.15) is 5.10 Å². The number of ether oxygens (including phenoxy) is 1. The maximum absolute atomic E-state index is 5.30. The lowest BCUT2D eigenvalue weighted by Gasteiger charge is -2.49. The molecule has 0 aromatic carbocycles. The van der Waals surface area contributed by atoms with E-state index in [1.807, 2.05) is 49.1 Å². The lowest BCUT2D eigenvalue weighted by Crippen LogP contribution is -2.64. The molecule has 0 radical (unpaired) electrons. The van der Waals surface area contributed by atoms with Crippen molar-refractivity contribution < 1.29 is 4.74 Å². The Morgan fingerprint density at radius 2 is 2.07 bits per heavy atom. The van der Waals surface area contributed by atoms with E-state index in [4.69, 9.17) is 4.74 Å². The molecular weight excluding hydrogens is 338 g/mol. The highest BCUT2D eigenvalue weighted by Crippen LogP contribution is 2.26. The van der Waals surface area contributed by atoms with Gasteiger partial charge < -0.3 is 9.64 Å². The summed E-state index contributed by atoms with van der Waals surface area (Å²) in [6.07, 6.45) is 7.89. The fourth-order valence-corrected chi connectivity index (χ4v) is 3.56. The molecule has 27 heavy (non-hydrogen) atoms.